The molecule has 1 saturated heterocycles. The van der Waals surface area contributed by atoms with Gasteiger partial charge in [-0.1, -0.05) is 84.9 Å². The summed E-state index contributed by atoms with van der Waals surface area (Å²) in [4.78, 5) is 15.1. The fraction of sp³-hybridized carbons (Fsp3) is 0.355. The van der Waals surface area contributed by atoms with Crippen molar-refractivity contribution in [2.45, 2.75) is 43.5 Å². The third-order valence-corrected chi connectivity index (χ3v) is 8.52. The molecule has 0 aliphatic carbocycles. The van der Waals surface area contributed by atoms with Crippen LogP contribution in [0.4, 0.5) is 5.82 Å². The van der Waals surface area contributed by atoms with Gasteiger partial charge in [-0.2, -0.15) is 0 Å². The number of para-hydroxylation sites is 2. The summed E-state index contributed by atoms with van der Waals surface area (Å²) in [5, 5.41) is 0.969. The predicted molar refractivity (Wildman–Crippen MR) is 162 cm³/mol. The Bertz CT molecular complexity index is 1400. The van der Waals surface area contributed by atoms with E-state index in [1.807, 2.05) is 30.3 Å². The van der Waals surface area contributed by atoms with Crippen LogP contribution >= 0.6 is 27.7 Å². The van der Waals surface area contributed by atoms with Gasteiger partial charge in [0.25, 0.3) is 0 Å². The van der Waals surface area contributed by atoms with Crippen LogP contribution in [0, 0.1) is 0 Å². The van der Waals surface area contributed by atoms with Crippen LogP contribution in [-0.4, -0.2) is 48.2 Å². The average molecular weight is 592 g/mol. The van der Waals surface area contributed by atoms with E-state index in [9.17, 15) is 0 Å². The van der Waals surface area contributed by atoms with Crippen molar-refractivity contribution in [2.75, 3.05) is 38.2 Å². The first-order chi connectivity index (χ1) is 18.3. The number of methoxy groups -OCH3 is 1. The molecule has 0 spiro atoms. The standard InChI is InChI=1S/C31H35BrN4OS/c1-31(2,3)24-11-9-22(10-12-24)20-35-15-17-36(18-16-35)29-30(34-27-8-6-5-7-26(27)33-29)38-21-23-19-25(32)13-14-28(23)37-4/h5-14,19H,15-18,20-21H2,1-4H3. The second-order valence-electron chi connectivity index (χ2n) is 10.8. The number of hydrogen-bond acceptors (Lipinski definition) is 6. The summed E-state index contributed by atoms with van der Waals surface area (Å²) in [6.45, 7) is 11.6. The fourth-order valence-corrected chi connectivity index (χ4v) is 6.16. The van der Waals surface area contributed by atoms with Gasteiger partial charge in [0.05, 0.1) is 18.1 Å². The Morgan fingerprint density at radius 2 is 1.58 bits per heavy atom. The number of fused-ring (bicyclic) bond motifs is 1. The van der Waals surface area contributed by atoms with Crippen molar-refractivity contribution >= 4 is 44.5 Å². The van der Waals surface area contributed by atoms with Gasteiger partial charge in [0.15, 0.2) is 5.82 Å². The van der Waals surface area contributed by atoms with E-state index in [2.05, 4.69) is 82.9 Å². The largest absolute Gasteiger partial charge is 0.496 e. The van der Waals surface area contributed by atoms with Gasteiger partial charge < -0.3 is 9.64 Å². The van der Waals surface area contributed by atoms with E-state index < -0.39 is 0 Å². The van der Waals surface area contributed by atoms with Crippen LogP contribution in [0.1, 0.15) is 37.5 Å². The van der Waals surface area contributed by atoms with E-state index in [1.54, 1.807) is 18.9 Å². The molecule has 1 aliphatic heterocycles. The smallest absolute Gasteiger partial charge is 0.162 e. The van der Waals surface area contributed by atoms with Gasteiger partial charge in [0.2, 0.25) is 0 Å². The highest BCUT2D eigenvalue weighted by atomic mass is 79.9. The molecule has 38 heavy (non-hydrogen) atoms. The van der Waals surface area contributed by atoms with E-state index in [1.165, 1.54) is 11.1 Å². The molecular weight excluding hydrogens is 556 g/mol. The molecular formula is C31H35BrN4OS. The number of piperazine rings is 1. The van der Waals surface area contributed by atoms with Crippen molar-refractivity contribution in [1.82, 2.24) is 14.9 Å². The van der Waals surface area contributed by atoms with Crippen LogP contribution < -0.4 is 9.64 Å². The predicted octanol–water partition coefficient (Wildman–Crippen LogP) is 7.31. The number of nitrogens with zero attached hydrogens (tertiary/aromatic N) is 4. The van der Waals surface area contributed by atoms with Crippen LogP contribution in [0.5, 0.6) is 5.75 Å². The average Bonchev–Trinajstić information content (AvgIpc) is 2.92. The normalized spacial score (nSPS) is 14.7. The number of anilines is 1. The van der Waals surface area contributed by atoms with Gasteiger partial charge in [-0.15, -0.1) is 0 Å². The van der Waals surface area contributed by atoms with Crippen LogP contribution in [0.15, 0.2) is 76.2 Å². The Balaban J connectivity index is 1.31. The Morgan fingerprint density at radius 3 is 2.24 bits per heavy atom. The molecule has 0 atom stereocenters. The molecule has 5 nitrogen and oxygen atoms in total. The zero-order valence-electron chi connectivity index (χ0n) is 22.6. The number of rotatable bonds is 7. The van der Waals surface area contributed by atoms with Crippen molar-refractivity contribution in [1.29, 1.82) is 0 Å². The minimum atomic E-state index is 0.183. The molecule has 198 valence electrons. The fourth-order valence-electron chi connectivity index (χ4n) is 4.77. The van der Waals surface area contributed by atoms with E-state index in [0.717, 1.165) is 76.1 Å². The zero-order valence-corrected chi connectivity index (χ0v) is 25.0. The molecule has 1 aliphatic rings. The third-order valence-electron chi connectivity index (χ3n) is 7.03. The molecule has 1 aromatic heterocycles. The summed E-state index contributed by atoms with van der Waals surface area (Å²) < 4.78 is 6.65. The van der Waals surface area contributed by atoms with Crippen molar-refractivity contribution in [3.05, 3.63) is 87.9 Å². The van der Waals surface area contributed by atoms with Gasteiger partial charge in [-0.05, 0) is 46.9 Å². The first kappa shape index (κ1) is 27.0. The number of benzene rings is 3. The van der Waals surface area contributed by atoms with Gasteiger partial charge in [0, 0.05) is 48.5 Å². The number of thioether (sulfide) groups is 1. The van der Waals surface area contributed by atoms with Gasteiger partial charge >= 0.3 is 0 Å². The lowest BCUT2D eigenvalue weighted by molar-refractivity contribution is 0.249. The second-order valence-corrected chi connectivity index (χ2v) is 12.7. The first-order valence-corrected chi connectivity index (χ1v) is 14.9. The topological polar surface area (TPSA) is 41.5 Å². The molecule has 0 amide bonds. The maximum Gasteiger partial charge on any atom is 0.162 e. The minimum Gasteiger partial charge on any atom is -0.496 e. The maximum absolute atomic E-state index is 5.60. The molecule has 0 bridgehead atoms. The van der Waals surface area contributed by atoms with Crippen LogP contribution in [-0.2, 0) is 17.7 Å². The summed E-state index contributed by atoms with van der Waals surface area (Å²) in [6.07, 6.45) is 0. The molecule has 4 aromatic rings. The van der Waals surface area contributed by atoms with Crippen LogP contribution in [0.2, 0.25) is 0 Å². The molecule has 0 radical (unpaired) electrons. The molecule has 0 saturated carbocycles. The molecule has 0 N–H and O–H groups in total. The van der Waals surface area contributed by atoms with Gasteiger partial charge in [-0.3, -0.25) is 4.90 Å². The summed E-state index contributed by atoms with van der Waals surface area (Å²) in [6, 6.07) is 23.4. The van der Waals surface area contributed by atoms with Crippen molar-refractivity contribution in [3.8, 4) is 5.75 Å². The summed E-state index contributed by atoms with van der Waals surface area (Å²) in [7, 11) is 1.72. The highest BCUT2D eigenvalue weighted by molar-refractivity contribution is 9.10. The van der Waals surface area contributed by atoms with Gasteiger partial charge in [0.1, 0.15) is 10.8 Å². The summed E-state index contributed by atoms with van der Waals surface area (Å²) >= 11 is 5.32. The number of ether oxygens (including phenoxy) is 1. The quantitative estimate of drug-likeness (QED) is 0.210. The molecule has 5 rings (SSSR count). The van der Waals surface area contributed by atoms with Gasteiger partial charge in [-0.25, -0.2) is 9.97 Å². The second kappa shape index (κ2) is 11.6. The number of aromatic nitrogens is 2. The van der Waals surface area contributed by atoms with Crippen molar-refractivity contribution in [2.24, 2.45) is 0 Å². The highest BCUT2D eigenvalue weighted by Gasteiger charge is 2.23. The highest BCUT2D eigenvalue weighted by Crippen LogP contribution is 2.35. The Labute approximate surface area is 238 Å². The summed E-state index contributed by atoms with van der Waals surface area (Å²) in [5.74, 6) is 2.63. The van der Waals surface area contributed by atoms with E-state index >= 15 is 0 Å². The first-order valence-electron chi connectivity index (χ1n) is 13.1. The van der Waals surface area contributed by atoms with E-state index in [0.29, 0.717) is 0 Å². The lowest BCUT2D eigenvalue weighted by Gasteiger charge is -2.36. The Hall–Kier alpha value is -2.61. The SMILES string of the molecule is COc1ccc(Br)cc1CSc1nc2ccccc2nc1N1CCN(Cc2ccc(C(C)(C)C)cc2)CC1. The minimum absolute atomic E-state index is 0.183. The molecule has 3 aromatic carbocycles. The van der Waals surface area contributed by atoms with E-state index in [-0.39, 0.29) is 5.41 Å². The van der Waals surface area contributed by atoms with Crippen LogP contribution in [0.3, 0.4) is 0 Å². The molecule has 7 heteroatoms. The lowest BCUT2D eigenvalue weighted by atomic mass is 9.87. The van der Waals surface area contributed by atoms with Crippen LogP contribution in [0.25, 0.3) is 11.0 Å². The Kier molecular flexibility index (Phi) is 8.26. The van der Waals surface area contributed by atoms with E-state index in [4.69, 9.17) is 14.7 Å². The monoisotopic (exact) mass is 590 g/mol. The molecule has 1 fully saturated rings. The maximum atomic E-state index is 5.60. The molecule has 0 unspecified atom stereocenters. The Morgan fingerprint density at radius 1 is 0.895 bits per heavy atom. The van der Waals surface area contributed by atoms with Crippen molar-refractivity contribution < 1.29 is 4.74 Å². The number of hydrogen-bond donors (Lipinski definition) is 0. The lowest BCUT2D eigenvalue weighted by Crippen LogP contribution is -2.46. The number of halogens is 1. The van der Waals surface area contributed by atoms with Crippen molar-refractivity contribution in [3.63, 3.8) is 0 Å². The summed E-state index contributed by atoms with van der Waals surface area (Å²) in [5.41, 5.74) is 5.94. The molecule has 2 heterocycles. The third kappa shape index (κ3) is 6.33. The zero-order chi connectivity index (χ0) is 26.7.